The molecule has 0 unspecified atom stereocenters. The number of para-hydroxylation sites is 2. The quantitative estimate of drug-likeness (QED) is 0.152. The third kappa shape index (κ3) is 6.76. The highest BCUT2D eigenvalue weighted by Crippen LogP contribution is 2.47. The molecule has 67 heavy (non-hydrogen) atoms. The van der Waals surface area contributed by atoms with Crippen LogP contribution < -0.4 is 4.90 Å². The van der Waals surface area contributed by atoms with E-state index < -0.39 is 0 Å². The molecule has 3 heteroatoms. The first-order valence-electron chi connectivity index (χ1n) is 22.8. The first kappa shape index (κ1) is 38.5. The number of furan rings is 2. The van der Waals surface area contributed by atoms with Gasteiger partial charge in [0.25, 0.3) is 0 Å². The van der Waals surface area contributed by atoms with Crippen molar-refractivity contribution in [2.75, 3.05) is 4.90 Å². The van der Waals surface area contributed by atoms with Crippen LogP contribution >= 0.6 is 0 Å². The lowest BCUT2D eigenvalue weighted by molar-refractivity contribution is 0.670. The number of nitrogens with zero attached hydrogens (tertiary/aromatic N) is 1. The second-order valence-electron chi connectivity index (χ2n) is 17.2. The minimum absolute atomic E-state index is 0.827. The fourth-order valence-electron chi connectivity index (χ4n) is 9.91. The second kappa shape index (κ2) is 16.0. The molecule has 0 aliphatic rings. The number of rotatable bonds is 8. The Bertz CT molecular complexity index is 3940. The van der Waals surface area contributed by atoms with Gasteiger partial charge in [-0.1, -0.05) is 194 Å². The normalized spacial score (nSPS) is 11.6. The van der Waals surface area contributed by atoms with E-state index in [2.05, 4.69) is 241 Å². The van der Waals surface area contributed by atoms with Gasteiger partial charge < -0.3 is 13.7 Å². The van der Waals surface area contributed by atoms with Gasteiger partial charge >= 0.3 is 0 Å². The fraction of sp³-hybridized carbons (Fsp3) is 0. The summed E-state index contributed by atoms with van der Waals surface area (Å²) in [6.45, 7) is 0. The molecule has 0 radical (unpaired) electrons. The average Bonchev–Trinajstić information content (AvgIpc) is 3.99. The number of fused-ring (bicyclic) bond motifs is 8. The van der Waals surface area contributed by atoms with Gasteiger partial charge in [-0.15, -0.1) is 0 Å². The maximum absolute atomic E-state index is 7.15. The van der Waals surface area contributed by atoms with Crippen molar-refractivity contribution in [1.29, 1.82) is 0 Å². The summed E-state index contributed by atoms with van der Waals surface area (Å²) >= 11 is 0. The van der Waals surface area contributed by atoms with E-state index in [1.165, 1.54) is 27.8 Å². The van der Waals surface area contributed by atoms with E-state index in [-0.39, 0.29) is 0 Å². The minimum Gasteiger partial charge on any atom is -0.455 e. The van der Waals surface area contributed by atoms with Crippen molar-refractivity contribution in [3.8, 4) is 55.6 Å². The Morgan fingerprint density at radius 3 is 1.48 bits per heavy atom. The first-order valence-corrected chi connectivity index (χ1v) is 22.8. The van der Waals surface area contributed by atoms with Crippen LogP contribution in [0.1, 0.15) is 0 Å². The highest BCUT2D eigenvalue weighted by atomic mass is 16.3. The zero-order valence-electron chi connectivity index (χ0n) is 36.4. The molecule has 2 aromatic heterocycles. The highest BCUT2D eigenvalue weighted by molar-refractivity contribution is 6.18. The average molecular weight is 856 g/mol. The van der Waals surface area contributed by atoms with E-state index in [0.29, 0.717) is 0 Å². The summed E-state index contributed by atoms with van der Waals surface area (Å²) in [5, 5.41) is 6.62. The van der Waals surface area contributed by atoms with Crippen LogP contribution in [0.4, 0.5) is 17.1 Å². The van der Waals surface area contributed by atoms with E-state index in [4.69, 9.17) is 8.83 Å². The van der Waals surface area contributed by atoms with E-state index in [1.807, 2.05) is 12.1 Å². The van der Waals surface area contributed by atoms with Crippen LogP contribution in [0.2, 0.25) is 0 Å². The summed E-state index contributed by atoms with van der Waals surface area (Å²) < 4.78 is 13.6. The Morgan fingerprint density at radius 1 is 0.254 bits per heavy atom. The number of anilines is 3. The van der Waals surface area contributed by atoms with Crippen LogP contribution in [0, 0.1) is 0 Å². The summed E-state index contributed by atoms with van der Waals surface area (Å²) in [4.78, 5) is 2.35. The van der Waals surface area contributed by atoms with Crippen LogP contribution in [0.25, 0.3) is 110 Å². The highest BCUT2D eigenvalue weighted by Gasteiger charge is 2.23. The Morgan fingerprint density at radius 2 is 0.761 bits per heavy atom. The summed E-state index contributed by atoms with van der Waals surface area (Å²) in [5.74, 6) is 0. The number of hydrogen-bond donors (Lipinski definition) is 0. The van der Waals surface area contributed by atoms with Gasteiger partial charge in [0, 0.05) is 43.9 Å². The first-order chi connectivity index (χ1) is 33.2. The van der Waals surface area contributed by atoms with Gasteiger partial charge in [-0.2, -0.15) is 0 Å². The third-order valence-corrected chi connectivity index (χ3v) is 13.3. The molecule has 0 saturated carbocycles. The molecule has 3 nitrogen and oxygen atoms in total. The molecular formula is C64H41NO2. The second-order valence-corrected chi connectivity index (χ2v) is 17.2. The lowest BCUT2D eigenvalue weighted by Gasteiger charge is -2.26. The zero-order valence-corrected chi connectivity index (χ0v) is 36.4. The van der Waals surface area contributed by atoms with Crippen molar-refractivity contribution >= 4 is 71.7 Å². The molecule has 314 valence electrons. The molecular weight excluding hydrogens is 815 g/mol. The Labute approximate surface area is 388 Å². The maximum atomic E-state index is 7.15. The van der Waals surface area contributed by atoms with Crippen molar-refractivity contribution in [3.63, 3.8) is 0 Å². The van der Waals surface area contributed by atoms with Gasteiger partial charge in [0.05, 0.1) is 5.69 Å². The molecule has 2 heterocycles. The minimum atomic E-state index is 0.827. The fourth-order valence-corrected chi connectivity index (χ4v) is 9.91. The molecule has 0 atom stereocenters. The van der Waals surface area contributed by atoms with Crippen molar-refractivity contribution in [2.24, 2.45) is 0 Å². The van der Waals surface area contributed by atoms with Gasteiger partial charge in [-0.25, -0.2) is 0 Å². The van der Waals surface area contributed by atoms with Crippen molar-refractivity contribution in [2.45, 2.75) is 0 Å². The predicted octanol–water partition coefficient (Wildman–Crippen LogP) is 18.4. The monoisotopic (exact) mass is 855 g/mol. The lowest BCUT2D eigenvalue weighted by Crippen LogP contribution is -2.10. The van der Waals surface area contributed by atoms with E-state index in [1.54, 1.807) is 0 Å². The predicted molar refractivity (Wildman–Crippen MR) is 280 cm³/mol. The summed E-state index contributed by atoms with van der Waals surface area (Å²) in [6.07, 6.45) is 0. The van der Waals surface area contributed by atoms with Crippen LogP contribution in [0.15, 0.2) is 258 Å². The number of benzene rings is 11. The molecule has 13 aromatic rings. The molecule has 0 bridgehead atoms. The van der Waals surface area contributed by atoms with E-state index in [0.717, 1.165) is 99.5 Å². The molecule has 0 aliphatic carbocycles. The third-order valence-electron chi connectivity index (χ3n) is 13.3. The summed E-state index contributed by atoms with van der Waals surface area (Å²) in [6, 6.07) is 88.8. The zero-order chi connectivity index (χ0) is 44.3. The smallest absolute Gasteiger partial charge is 0.159 e. The largest absolute Gasteiger partial charge is 0.455 e. The standard InChI is InChI=1S/C64H41NO2/c1-3-13-42(14-4-1)44-29-34-52(35-30-44)65(53-36-31-48(32-37-53)55-22-12-23-57-56-21-9-10-24-61(56)66-62(55)57)60-41-51(40-59-58-38-33-47-17-7-8-20-54(47)63(58)67-64(59)60)46-27-25-45(26-28-46)50-19-11-18-49(39-50)43-15-5-2-6-16-43/h1-41H. The molecule has 0 fully saturated rings. The van der Waals surface area contributed by atoms with E-state index >= 15 is 0 Å². The Hall–Kier alpha value is -8.92. The van der Waals surface area contributed by atoms with Crippen molar-refractivity contribution in [3.05, 3.63) is 249 Å². The molecule has 0 N–H and O–H groups in total. The molecule has 13 rings (SSSR count). The maximum Gasteiger partial charge on any atom is 0.159 e. The van der Waals surface area contributed by atoms with Gasteiger partial charge in [-0.05, 0) is 110 Å². The van der Waals surface area contributed by atoms with Crippen LogP contribution in [-0.4, -0.2) is 0 Å². The summed E-state index contributed by atoms with van der Waals surface area (Å²) in [5.41, 5.74) is 17.9. The van der Waals surface area contributed by atoms with Crippen molar-refractivity contribution in [1.82, 2.24) is 0 Å². The SMILES string of the molecule is c1ccc(-c2ccc(N(c3ccc(-c4cccc5c4oc4ccccc45)cc3)c3cc(-c4ccc(-c5cccc(-c6ccccc6)c5)cc4)cc4c3oc3c5ccccc5ccc43)cc2)cc1. The van der Waals surface area contributed by atoms with Crippen molar-refractivity contribution < 1.29 is 8.83 Å². The van der Waals surface area contributed by atoms with Gasteiger partial charge in [0.15, 0.2) is 5.58 Å². The van der Waals surface area contributed by atoms with Gasteiger partial charge in [0.1, 0.15) is 16.7 Å². The molecule has 0 amide bonds. The van der Waals surface area contributed by atoms with E-state index in [9.17, 15) is 0 Å². The lowest BCUT2D eigenvalue weighted by atomic mass is 9.96. The van der Waals surface area contributed by atoms with Crippen LogP contribution in [0.5, 0.6) is 0 Å². The molecule has 0 saturated heterocycles. The molecule has 0 spiro atoms. The number of hydrogen-bond acceptors (Lipinski definition) is 3. The topological polar surface area (TPSA) is 29.5 Å². The summed E-state index contributed by atoms with van der Waals surface area (Å²) in [7, 11) is 0. The van der Waals surface area contributed by atoms with Gasteiger partial charge in [0.2, 0.25) is 0 Å². The Kier molecular flexibility index (Phi) is 9.17. The van der Waals surface area contributed by atoms with Gasteiger partial charge in [-0.3, -0.25) is 0 Å². The van der Waals surface area contributed by atoms with Crippen LogP contribution in [0.3, 0.4) is 0 Å². The molecule has 0 aliphatic heterocycles. The molecule has 11 aromatic carbocycles. The van der Waals surface area contributed by atoms with Crippen LogP contribution in [-0.2, 0) is 0 Å². The Balaban J connectivity index is 0.990.